The minimum atomic E-state index is -3.77. The number of benzene rings is 3. The van der Waals surface area contributed by atoms with Crippen molar-refractivity contribution in [3.05, 3.63) is 101 Å². The molecule has 0 unspecified atom stereocenters. The molecule has 2 atom stereocenters. The molecule has 3 aliphatic rings. The van der Waals surface area contributed by atoms with Crippen LogP contribution in [0.25, 0.3) is 0 Å². The van der Waals surface area contributed by atoms with Crippen molar-refractivity contribution in [2.24, 2.45) is 11.8 Å². The maximum atomic E-state index is 12.8. The molecule has 0 spiro atoms. The molecule has 148 valence electrons. The molecule has 6 rings (SSSR count). The van der Waals surface area contributed by atoms with Crippen LogP contribution in [0.2, 0.25) is 0 Å². The summed E-state index contributed by atoms with van der Waals surface area (Å²) >= 11 is 0. The van der Waals surface area contributed by atoms with Crippen molar-refractivity contribution in [2.75, 3.05) is 6.61 Å². The van der Waals surface area contributed by atoms with Crippen LogP contribution in [0.15, 0.2) is 77.7 Å². The lowest BCUT2D eigenvalue weighted by Crippen LogP contribution is -2.41. The number of fused-ring (bicyclic) bond motifs is 1. The van der Waals surface area contributed by atoms with Gasteiger partial charge in [0.05, 0.1) is 11.5 Å². The van der Waals surface area contributed by atoms with E-state index >= 15 is 0 Å². The van der Waals surface area contributed by atoms with Crippen molar-refractivity contribution in [3.63, 3.8) is 0 Å². The molecule has 0 aliphatic heterocycles. The zero-order chi connectivity index (χ0) is 20.2. The molecule has 3 nitrogen and oxygen atoms in total. The minimum Gasteiger partial charge on any atom is -0.266 e. The van der Waals surface area contributed by atoms with Crippen molar-refractivity contribution in [1.29, 1.82) is 0 Å². The summed E-state index contributed by atoms with van der Waals surface area (Å²) in [5.74, 6) is 0.863. The molecule has 0 fully saturated rings. The number of rotatable bonds is 4. The lowest BCUT2D eigenvalue weighted by molar-refractivity contribution is 0.157. The van der Waals surface area contributed by atoms with Gasteiger partial charge in [-0.2, -0.15) is 8.42 Å². The molecule has 3 aromatic carbocycles. The number of aryl methyl sites for hydroxylation is 1. The fourth-order valence-corrected chi connectivity index (χ4v) is 6.20. The molecule has 3 aromatic rings. The van der Waals surface area contributed by atoms with E-state index < -0.39 is 10.1 Å². The summed E-state index contributed by atoms with van der Waals surface area (Å²) in [4.78, 5) is 0.220. The molecule has 3 aliphatic carbocycles. The van der Waals surface area contributed by atoms with Crippen LogP contribution >= 0.6 is 0 Å². The molecule has 0 heterocycles. The molecule has 0 saturated heterocycles. The average molecular weight is 405 g/mol. The van der Waals surface area contributed by atoms with Gasteiger partial charge in [0.15, 0.2) is 0 Å². The molecule has 0 aromatic heterocycles. The highest BCUT2D eigenvalue weighted by molar-refractivity contribution is 7.86. The summed E-state index contributed by atoms with van der Waals surface area (Å²) in [5, 5.41) is 0. The van der Waals surface area contributed by atoms with Gasteiger partial charge in [-0.1, -0.05) is 73.2 Å². The topological polar surface area (TPSA) is 43.4 Å². The van der Waals surface area contributed by atoms with E-state index in [0.717, 1.165) is 5.56 Å². The van der Waals surface area contributed by atoms with Gasteiger partial charge in [0, 0.05) is 11.8 Å². The van der Waals surface area contributed by atoms with Crippen molar-refractivity contribution in [2.45, 2.75) is 30.6 Å². The lowest BCUT2D eigenvalue weighted by Gasteiger charge is -2.49. The summed E-state index contributed by atoms with van der Waals surface area (Å²) in [7, 11) is -3.77. The molecular weight excluding hydrogens is 380 g/mol. The van der Waals surface area contributed by atoms with E-state index in [1.807, 2.05) is 6.92 Å². The second kappa shape index (κ2) is 6.82. The first-order chi connectivity index (χ1) is 14.0. The lowest BCUT2D eigenvalue weighted by atomic mass is 9.55. The molecule has 4 heteroatoms. The standard InChI is InChI=1S/C25H24O3S/c1-16-11-13-18(14-12-16)29(26,27)28-15-23-17(2)24-19-7-3-5-9-21(19)25(23)22-10-6-4-8-20(22)24/h3-14,17,23-25H,15H2,1-2H3/t17-,23+,24?,25?/m0/s1. The van der Waals surface area contributed by atoms with Crippen LogP contribution in [0.1, 0.15) is 46.6 Å². The SMILES string of the molecule is Cc1ccc(S(=O)(=O)OC[C@H]2C3c4ccccc4C(c4ccccc43)[C@H]2C)cc1. The van der Waals surface area contributed by atoms with E-state index in [2.05, 4.69) is 55.5 Å². The second-order valence-electron chi connectivity index (χ2n) is 8.29. The predicted molar refractivity (Wildman–Crippen MR) is 114 cm³/mol. The van der Waals surface area contributed by atoms with E-state index in [0.29, 0.717) is 5.92 Å². The van der Waals surface area contributed by atoms with Gasteiger partial charge in [-0.05, 0) is 53.1 Å². The van der Waals surface area contributed by atoms with Crippen molar-refractivity contribution < 1.29 is 12.6 Å². The van der Waals surface area contributed by atoms with E-state index in [9.17, 15) is 8.42 Å². The summed E-state index contributed by atoms with van der Waals surface area (Å²) in [6, 6.07) is 24.0. The molecule has 2 bridgehead atoms. The molecule has 0 amide bonds. The van der Waals surface area contributed by atoms with Crippen LogP contribution in [0.3, 0.4) is 0 Å². The normalized spacial score (nSPS) is 24.8. The quantitative estimate of drug-likeness (QED) is 0.558. The van der Waals surface area contributed by atoms with Gasteiger partial charge in [0.2, 0.25) is 0 Å². The van der Waals surface area contributed by atoms with Crippen LogP contribution in [0.4, 0.5) is 0 Å². The average Bonchev–Trinajstić information content (AvgIpc) is 2.73. The third kappa shape index (κ3) is 2.93. The van der Waals surface area contributed by atoms with Gasteiger partial charge in [-0.3, -0.25) is 4.18 Å². The van der Waals surface area contributed by atoms with Crippen molar-refractivity contribution in [1.82, 2.24) is 0 Å². The summed E-state index contributed by atoms with van der Waals surface area (Å²) in [6.45, 7) is 4.36. The highest BCUT2D eigenvalue weighted by Gasteiger charge is 2.48. The van der Waals surface area contributed by atoms with Crippen LogP contribution in [0, 0.1) is 18.8 Å². The van der Waals surface area contributed by atoms with Crippen molar-refractivity contribution in [3.8, 4) is 0 Å². The summed E-state index contributed by atoms with van der Waals surface area (Å²) in [6.07, 6.45) is 0. The number of hydrogen-bond acceptors (Lipinski definition) is 3. The summed E-state index contributed by atoms with van der Waals surface area (Å²) in [5.41, 5.74) is 6.41. The van der Waals surface area contributed by atoms with Gasteiger partial charge < -0.3 is 0 Å². The highest BCUT2D eigenvalue weighted by atomic mass is 32.2. The van der Waals surface area contributed by atoms with E-state index in [1.54, 1.807) is 24.3 Å². The maximum absolute atomic E-state index is 12.8. The fourth-order valence-electron chi connectivity index (χ4n) is 5.26. The molecule has 29 heavy (non-hydrogen) atoms. The van der Waals surface area contributed by atoms with Crippen LogP contribution in [0.5, 0.6) is 0 Å². The van der Waals surface area contributed by atoms with E-state index in [4.69, 9.17) is 4.18 Å². The van der Waals surface area contributed by atoms with E-state index in [1.165, 1.54) is 22.3 Å². The molecule has 0 N–H and O–H groups in total. The van der Waals surface area contributed by atoms with Gasteiger partial charge in [0.1, 0.15) is 0 Å². The first-order valence-electron chi connectivity index (χ1n) is 10.1. The Labute approximate surface area is 172 Å². The Hall–Kier alpha value is -2.43. The Morgan fingerprint density at radius 2 is 1.24 bits per heavy atom. The summed E-state index contributed by atoms with van der Waals surface area (Å²) < 4.78 is 31.2. The fraction of sp³-hybridized carbons (Fsp3) is 0.280. The van der Waals surface area contributed by atoms with Gasteiger partial charge in [0.25, 0.3) is 10.1 Å². The third-order valence-electron chi connectivity index (χ3n) is 6.69. The maximum Gasteiger partial charge on any atom is 0.296 e. The monoisotopic (exact) mass is 404 g/mol. The third-order valence-corrected chi connectivity index (χ3v) is 7.98. The van der Waals surface area contributed by atoms with Crippen molar-refractivity contribution >= 4 is 10.1 Å². The van der Waals surface area contributed by atoms with Gasteiger partial charge in [-0.15, -0.1) is 0 Å². The Kier molecular flexibility index (Phi) is 4.37. The predicted octanol–water partition coefficient (Wildman–Crippen LogP) is 5.24. The van der Waals surface area contributed by atoms with Crippen LogP contribution in [-0.4, -0.2) is 15.0 Å². The Balaban J connectivity index is 1.50. The molecular formula is C25H24O3S. The van der Waals surface area contributed by atoms with Gasteiger partial charge in [-0.25, -0.2) is 0 Å². The zero-order valence-electron chi connectivity index (χ0n) is 16.6. The van der Waals surface area contributed by atoms with Crippen LogP contribution < -0.4 is 0 Å². The minimum absolute atomic E-state index is 0.116. The largest absolute Gasteiger partial charge is 0.296 e. The van der Waals surface area contributed by atoms with Crippen LogP contribution in [-0.2, 0) is 14.3 Å². The molecule has 0 radical (unpaired) electrons. The zero-order valence-corrected chi connectivity index (χ0v) is 17.4. The first kappa shape index (κ1) is 18.6. The van der Waals surface area contributed by atoms with Gasteiger partial charge >= 0.3 is 0 Å². The highest BCUT2D eigenvalue weighted by Crippen LogP contribution is 2.58. The smallest absolute Gasteiger partial charge is 0.266 e. The Bertz CT molecular complexity index is 1120. The first-order valence-corrected chi connectivity index (χ1v) is 11.5. The molecule has 0 saturated carbocycles. The van der Waals surface area contributed by atoms with E-state index in [-0.39, 0.29) is 29.3 Å². The number of hydrogen-bond donors (Lipinski definition) is 0. The Morgan fingerprint density at radius 1 is 0.759 bits per heavy atom. The second-order valence-corrected chi connectivity index (χ2v) is 9.90. The Morgan fingerprint density at radius 3 is 1.76 bits per heavy atom.